The van der Waals surface area contributed by atoms with Crippen molar-refractivity contribution in [1.82, 2.24) is 0 Å². The molecule has 0 atom stereocenters. The molecule has 1 aromatic rings. The van der Waals surface area contributed by atoms with Gasteiger partial charge in [-0.2, -0.15) is 0 Å². The van der Waals surface area contributed by atoms with E-state index in [4.69, 9.17) is 4.74 Å². The van der Waals surface area contributed by atoms with E-state index in [9.17, 15) is 4.79 Å². The number of carbonyl (C=O) groups is 1. The van der Waals surface area contributed by atoms with Gasteiger partial charge < -0.3 is 4.74 Å². The Morgan fingerprint density at radius 3 is 2.47 bits per heavy atom. The van der Waals surface area contributed by atoms with Gasteiger partial charge in [0.1, 0.15) is 5.75 Å². The van der Waals surface area contributed by atoms with Crippen molar-refractivity contribution in [3.05, 3.63) is 28.8 Å². The molecule has 19 heavy (non-hydrogen) atoms. The molecule has 104 valence electrons. The van der Waals surface area contributed by atoms with Crippen LogP contribution in [-0.2, 0) is 0 Å². The summed E-state index contributed by atoms with van der Waals surface area (Å²) in [4.78, 5) is 12.6. The van der Waals surface area contributed by atoms with E-state index in [1.54, 1.807) is 0 Å². The second kappa shape index (κ2) is 6.23. The van der Waals surface area contributed by atoms with Crippen molar-refractivity contribution >= 4 is 5.78 Å². The van der Waals surface area contributed by atoms with Gasteiger partial charge in [0.2, 0.25) is 0 Å². The third-order valence-corrected chi connectivity index (χ3v) is 4.06. The maximum Gasteiger partial charge on any atom is 0.166 e. The Bertz CT molecular complexity index is 457. The van der Waals surface area contributed by atoms with Crippen LogP contribution in [0, 0.1) is 19.8 Å². The summed E-state index contributed by atoms with van der Waals surface area (Å²) in [6.07, 6.45) is 5.80. The molecule has 0 aromatic heterocycles. The Morgan fingerprint density at radius 2 is 1.84 bits per heavy atom. The number of ether oxygens (including phenoxy) is 1. The minimum atomic E-state index is 0.241. The van der Waals surface area contributed by atoms with Crippen molar-refractivity contribution in [2.75, 3.05) is 6.61 Å². The van der Waals surface area contributed by atoms with Crippen molar-refractivity contribution in [3.8, 4) is 5.75 Å². The standard InChI is InChI=1S/C17H24O2/c1-4-19-16-11-12(2)15(10-13(16)3)17(18)14-8-6-5-7-9-14/h10-11,14H,4-9H2,1-3H3. The SMILES string of the molecule is CCOc1cc(C)c(C(=O)C2CCCCC2)cc1C. The minimum Gasteiger partial charge on any atom is -0.494 e. The monoisotopic (exact) mass is 260 g/mol. The number of carbonyl (C=O) groups excluding carboxylic acids is 1. The van der Waals surface area contributed by atoms with Crippen LogP contribution in [0.2, 0.25) is 0 Å². The third-order valence-electron chi connectivity index (χ3n) is 4.06. The van der Waals surface area contributed by atoms with Gasteiger partial charge in [-0.1, -0.05) is 19.3 Å². The van der Waals surface area contributed by atoms with E-state index in [0.717, 1.165) is 35.3 Å². The highest BCUT2D eigenvalue weighted by Gasteiger charge is 2.24. The molecule has 0 radical (unpaired) electrons. The first-order valence-corrected chi connectivity index (χ1v) is 7.41. The summed E-state index contributed by atoms with van der Waals surface area (Å²) in [5.74, 6) is 1.48. The normalized spacial score (nSPS) is 16.4. The van der Waals surface area contributed by atoms with Gasteiger partial charge in [0.15, 0.2) is 5.78 Å². The van der Waals surface area contributed by atoms with Crippen molar-refractivity contribution in [2.24, 2.45) is 5.92 Å². The van der Waals surface area contributed by atoms with Gasteiger partial charge in [-0.15, -0.1) is 0 Å². The summed E-state index contributed by atoms with van der Waals surface area (Å²) in [6, 6.07) is 4.02. The first-order chi connectivity index (χ1) is 9.13. The maximum atomic E-state index is 12.6. The highest BCUT2D eigenvalue weighted by Crippen LogP contribution is 2.30. The smallest absolute Gasteiger partial charge is 0.166 e. The average Bonchev–Trinajstić information content (AvgIpc) is 2.43. The molecule has 0 spiro atoms. The molecule has 0 heterocycles. The maximum absolute atomic E-state index is 12.6. The van der Waals surface area contributed by atoms with Crippen molar-refractivity contribution < 1.29 is 9.53 Å². The Kier molecular flexibility index (Phi) is 4.62. The van der Waals surface area contributed by atoms with E-state index in [1.807, 2.05) is 32.9 Å². The van der Waals surface area contributed by atoms with Crippen LogP contribution >= 0.6 is 0 Å². The minimum absolute atomic E-state index is 0.241. The highest BCUT2D eigenvalue weighted by molar-refractivity contribution is 5.99. The molecule has 0 bridgehead atoms. The van der Waals surface area contributed by atoms with Gasteiger partial charge >= 0.3 is 0 Å². The van der Waals surface area contributed by atoms with E-state index >= 15 is 0 Å². The zero-order valence-corrected chi connectivity index (χ0v) is 12.3. The van der Waals surface area contributed by atoms with Gasteiger partial charge in [-0.05, 0) is 56.9 Å². The molecule has 1 aliphatic rings. The second-order valence-electron chi connectivity index (χ2n) is 5.56. The van der Waals surface area contributed by atoms with E-state index in [2.05, 4.69) is 0 Å². The average molecular weight is 260 g/mol. The first-order valence-electron chi connectivity index (χ1n) is 7.41. The fraction of sp³-hybridized carbons (Fsp3) is 0.588. The van der Waals surface area contributed by atoms with Crippen LogP contribution in [0.15, 0.2) is 12.1 Å². The van der Waals surface area contributed by atoms with Gasteiger partial charge in [-0.25, -0.2) is 0 Å². The molecule has 0 unspecified atom stereocenters. The van der Waals surface area contributed by atoms with E-state index < -0.39 is 0 Å². The van der Waals surface area contributed by atoms with Crippen molar-refractivity contribution in [1.29, 1.82) is 0 Å². The summed E-state index contributed by atoms with van der Waals surface area (Å²) in [7, 11) is 0. The van der Waals surface area contributed by atoms with Gasteiger partial charge in [0.25, 0.3) is 0 Å². The van der Waals surface area contributed by atoms with E-state index in [0.29, 0.717) is 12.4 Å². The van der Waals surface area contributed by atoms with Crippen LogP contribution in [0.3, 0.4) is 0 Å². The fourth-order valence-electron chi connectivity index (χ4n) is 2.95. The Hall–Kier alpha value is -1.31. The molecule has 0 amide bonds. The lowest BCUT2D eigenvalue weighted by Crippen LogP contribution is -2.19. The van der Waals surface area contributed by atoms with Crippen molar-refractivity contribution in [3.63, 3.8) is 0 Å². The number of rotatable bonds is 4. The second-order valence-corrected chi connectivity index (χ2v) is 5.56. The predicted octanol–water partition coefficient (Wildman–Crippen LogP) is 4.47. The largest absolute Gasteiger partial charge is 0.494 e. The molecule has 0 aliphatic heterocycles. The number of hydrogen-bond acceptors (Lipinski definition) is 2. The molecular formula is C17H24O2. The number of Topliss-reactive ketones (excluding diaryl/α,β-unsaturated/α-hetero) is 1. The van der Waals surface area contributed by atoms with Crippen LogP contribution in [0.25, 0.3) is 0 Å². The molecule has 1 fully saturated rings. The van der Waals surface area contributed by atoms with Gasteiger partial charge in [0, 0.05) is 11.5 Å². The number of aryl methyl sites for hydroxylation is 2. The van der Waals surface area contributed by atoms with Gasteiger partial charge in [-0.3, -0.25) is 4.79 Å². The van der Waals surface area contributed by atoms with Crippen molar-refractivity contribution in [2.45, 2.75) is 52.9 Å². The molecular weight excluding hydrogens is 236 g/mol. The van der Waals surface area contributed by atoms with Gasteiger partial charge in [0.05, 0.1) is 6.61 Å². The molecule has 0 N–H and O–H groups in total. The van der Waals surface area contributed by atoms with Crippen LogP contribution in [0.5, 0.6) is 5.75 Å². The van der Waals surface area contributed by atoms with Crippen LogP contribution in [0.4, 0.5) is 0 Å². The summed E-state index contributed by atoms with van der Waals surface area (Å²) < 4.78 is 5.59. The molecule has 0 saturated heterocycles. The van der Waals surface area contributed by atoms with Crippen LogP contribution < -0.4 is 4.74 Å². The molecule has 1 saturated carbocycles. The lowest BCUT2D eigenvalue weighted by atomic mass is 9.82. The van der Waals surface area contributed by atoms with E-state index in [1.165, 1.54) is 19.3 Å². The Labute approximate surface area is 116 Å². The molecule has 2 heteroatoms. The molecule has 1 aliphatic carbocycles. The summed E-state index contributed by atoms with van der Waals surface area (Å²) in [5.41, 5.74) is 3.00. The van der Waals surface area contributed by atoms with Crippen LogP contribution in [0.1, 0.15) is 60.5 Å². The Morgan fingerprint density at radius 1 is 1.16 bits per heavy atom. The summed E-state index contributed by atoms with van der Waals surface area (Å²) >= 11 is 0. The highest BCUT2D eigenvalue weighted by atomic mass is 16.5. The summed E-state index contributed by atoms with van der Waals surface area (Å²) in [5, 5.41) is 0. The number of hydrogen-bond donors (Lipinski definition) is 0. The predicted molar refractivity (Wildman–Crippen MR) is 78.0 cm³/mol. The lowest BCUT2D eigenvalue weighted by Gasteiger charge is -2.21. The summed E-state index contributed by atoms with van der Waals surface area (Å²) in [6.45, 7) is 6.67. The lowest BCUT2D eigenvalue weighted by molar-refractivity contribution is 0.0889. The first kappa shape index (κ1) is 14.1. The molecule has 1 aromatic carbocycles. The zero-order valence-electron chi connectivity index (χ0n) is 12.3. The Balaban J connectivity index is 2.24. The zero-order chi connectivity index (χ0) is 13.8. The van der Waals surface area contributed by atoms with E-state index in [-0.39, 0.29) is 5.92 Å². The fourth-order valence-corrected chi connectivity index (χ4v) is 2.95. The molecule has 2 rings (SSSR count). The third kappa shape index (κ3) is 3.17. The quantitative estimate of drug-likeness (QED) is 0.747. The number of ketones is 1. The number of benzene rings is 1. The topological polar surface area (TPSA) is 26.3 Å². The molecule has 2 nitrogen and oxygen atoms in total. The van der Waals surface area contributed by atoms with Crippen LogP contribution in [-0.4, -0.2) is 12.4 Å².